The van der Waals surface area contributed by atoms with E-state index in [0.717, 1.165) is 41.4 Å². The average Bonchev–Trinajstić information content (AvgIpc) is 3.34. The zero-order chi connectivity index (χ0) is 17.4. The molecule has 4 heterocycles. The van der Waals surface area contributed by atoms with Gasteiger partial charge in [0.1, 0.15) is 5.75 Å². The zero-order valence-electron chi connectivity index (χ0n) is 14.5. The fourth-order valence-electron chi connectivity index (χ4n) is 3.05. The highest BCUT2D eigenvalue weighted by Crippen LogP contribution is 2.34. The van der Waals surface area contributed by atoms with Crippen LogP contribution in [0.15, 0.2) is 18.5 Å². The van der Waals surface area contributed by atoms with Crippen molar-refractivity contribution in [2.24, 2.45) is 0 Å². The van der Waals surface area contributed by atoms with Crippen LogP contribution in [0.3, 0.4) is 0 Å². The van der Waals surface area contributed by atoms with Gasteiger partial charge in [0, 0.05) is 18.0 Å². The number of aryl methyl sites for hydroxylation is 2. The van der Waals surface area contributed by atoms with Gasteiger partial charge in [-0.15, -0.1) is 5.10 Å². The van der Waals surface area contributed by atoms with E-state index >= 15 is 0 Å². The van der Waals surface area contributed by atoms with Gasteiger partial charge in [-0.3, -0.25) is 10.1 Å². The molecule has 1 aliphatic rings. The Morgan fingerprint density at radius 1 is 1.28 bits per heavy atom. The molecule has 4 rings (SSSR count). The van der Waals surface area contributed by atoms with Gasteiger partial charge in [0.05, 0.1) is 43.3 Å². The van der Waals surface area contributed by atoms with E-state index in [-0.39, 0.29) is 6.04 Å². The van der Waals surface area contributed by atoms with E-state index in [2.05, 4.69) is 15.2 Å². The van der Waals surface area contributed by atoms with Crippen LogP contribution >= 0.6 is 0 Å². The number of H-pyrrole nitrogens is 1. The molecule has 1 atom stereocenters. The van der Waals surface area contributed by atoms with Crippen LogP contribution in [0.1, 0.15) is 23.9 Å². The van der Waals surface area contributed by atoms with Crippen molar-refractivity contribution in [2.45, 2.75) is 26.3 Å². The minimum Gasteiger partial charge on any atom is -0.494 e. The lowest BCUT2D eigenvalue weighted by Gasteiger charge is -2.13. The molecule has 0 amide bonds. The predicted octanol–water partition coefficient (Wildman–Crippen LogP) is 2.32. The van der Waals surface area contributed by atoms with Gasteiger partial charge in [0.15, 0.2) is 11.6 Å². The van der Waals surface area contributed by atoms with E-state index < -0.39 is 0 Å². The van der Waals surface area contributed by atoms with Crippen molar-refractivity contribution in [3.05, 3.63) is 29.8 Å². The second kappa shape index (κ2) is 6.29. The highest BCUT2D eigenvalue weighted by molar-refractivity contribution is 5.67. The van der Waals surface area contributed by atoms with Gasteiger partial charge in [-0.1, -0.05) is 0 Å². The molecule has 0 aromatic carbocycles. The first-order chi connectivity index (χ1) is 12.2. The summed E-state index contributed by atoms with van der Waals surface area (Å²) in [4.78, 5) is 9.12. The molecule has 8 nitrogen and oxygen atoms in total. The highest BCUT2D eigenvalue weighted by Gasteiger charge is 2.26. The van der Waals surface area contributed by atoms with Crippen molar-refractivity contribution < 1.29 is 9.47 Å². The lowest BCUT2D eigenvalue weighted by atomic mass is 10.2. The number of nitrogens with zero attached hydrogens (tertiary/aromatic N) is 5. The molecular weight excluding hydrogens is 320 g/mol. The van der Waals surface area contributed by atoms with E-state index in [1.54, 1.807) is 19.5 Å². The van der Waals surface area contributed by atoms with Crippen LogP contribution in [-0.2, 0) is 4.74 Å². The largest absolute Gasteiger partial charge is 0.494 e. The summed E-state index contributed by atoms with van der Waals surface area (Å²) in [5, 5.41) is 11.8. The van der Waals surface area contributed by atoms with Crippen LogP contribution in [0.4, 0.5) is 0 Å². The van der Waals surface area contributed by atoms with E-state index in [9.17, 15) is 0 Å². The van der Waals surface area contributed by atoms with Crippen molar-refractivity contribution in [1.29, 1.82) is 0 Å². The topological polar surface area (TPSA) is 90.7 Å². The lowest BCUT2D eigenvalue weighted by Crippen LogP contribution is -2.12. The summed E-state index contributed by atoms with van der Waals surface area (Å²) in [5.74, 6) is 2.08. The lowest BCUT2D eigenvalue weighted by molar-refractivity contribution is 0.185. The van der Waals surface area contributed by atoms with Crippen LogP contribution in [0.5, 0.6) is 5.75 Å². The summed E-state index contributed by atoms with van der Waals surface area (Å²) in [6, 6.07) is 2.13. The number of rotatable bonds is 4. The maximum Gasteiger partial charge on any atom is 0.185 e. The van der Waals surface area contributed by atoms with Gasteiger partial charge in [-0.05, 0) is 26.3 Å². The number of aromatic nitrogens is 6. The third-order valence-corrected chi connectivity index (χ3v) is 4.42. The van der Waals surface area contributed by atoms with Crippen LogP contribution in [0.2, 0.25) is 0 Å². The highest BCUT2D eigenvalue weighted by atomic mass is 16.5. The van der Waals surface area contributed by atoms with E-state index in [1.165, 1.54) is 0 Å². The van der Waals surface area contributed by atoms with Crippen LogP contribution < -0.4 is 4.74 Å². The molecule has 1 fully saturated rings. The van der Waals surface area contributed by atoms with E-state index in [4.69, 9.17) is 19.6 Å². The molecular formula is C17H20N6O2. The number of ether oxygens (including phenoxy) is 2. The van der Waals surface area contributed by atoms with Crippen LogP contribution in [-0.4, -0.2) is 50.3 Å². The maximum absolute atomic E-state index is 5.56. The van der Waals surface area contributed by atoms with Gasteiger partial charge in [-0.2, -0.15) is 5.10 Å². The Morgan fingerprint density at radius 3 is 2.84 bits per heavy atom. The Hall–Kier alpha value is -2.74. The quantitative estimate of drug-likeness (QED) is 0.784. The molecule has 0 saturated carbocycles. The second-order valence-electron chi connectivity index (χ2n) is 6.16. The first-order valence-electron chi connectivity index (χ1n) is 8.23. The first-order valence-corrected chi connectivity index (χ1v) is 8.23. The van der Waals surface area contributed by atoms with Gasteiger partial charge >= 0.3 is 0 Å². The summed E-state index contributed by atoms with van der Waals surface area (Å²) < 4.78 is 13.0. The van der Waals surface area contributed by atoms with Crippen LogP contribution in [0, 0.1) is 13.8 Å². The third kappa shape index (κ3) is 2.78. The van der Waals surface area contributed by atoms with Gasteiger partial charge in [0.2, 0.25) is 0 Å². The van der Waals surface area contributed by atoms with Crippen molar-refractivity contribution >= 4 is 0 Å². The second-order valence-corrected chi connectivity index (χ2v) is 6.16. The molecule has 0 aliphatic carbocycles. The number of pyridine rings is 1. The fraction of sp³-hybridized carbons (Fsp3) is 0.412. The average molecular weight is 340 g/mol. The van der Waals surface area contributed by atoms with E-state index in [0.29, 0.717) is 18.2 Å². The van der Waals surface area contributed by atoms with Crippen molar-refractivity contribution in [2.75, 3.05) is 20.3 Å². The number of hydrogen-bond acceptors (Lipinski definition) is 6. The summed E-state index contributed by atoms with van der Waals surface area (Å²) in [6.45, 7) is 5.27. The summed E-state index contributed by atoms with van der Waals surface area (Å²) in [7, 11) is 1.64. The SMILES string of the molecule is COc1cnc(C)cc1-c1nc(-c2cn[nH]c2C)nn1C1CCOC1. The third-order valence-electron chi connectivity index (χ3n) is 4.42. The standard InChI is InChI=1S/C17H20N6O2/c1-10-6-13(15(24-3)8-18-10)17-20-16(14-7-19-21-11(14)2)22-23(17)12-4-5-25-9-12/h6-8,12H,4-5,9H2,1-3H3,(H,19,21). The molecule has 3 aromatic rings. The van der Waals surface area contributed by atoms with Crippen molar-refractivity contribution in [3.8, 4) is 28.5 Å². The van der Waals surface area contributed by atoms with Gasteiger partial charge in [-0.25, -0.2) is 9.67 Å². The minimum absolute atomic E-state index is 0.154. The van der Waals surface area contributed by atoms with Gasteiger partial charge in [0.25, 0.3) is 0 Å². The minimum atomic E-state index is 0.154. The number of nitrogens with one attached hydrogen (secondary N) is 1. The number of methoxy groups -OCH3 is 1. The molecule has 130 valence electrons. The smallest absolute Gasteiger partial charge is 0.185 e. The number of aromatic amines is 1. The molecule has 0 spiro atoms. The predicted molar refractivity (Wildman–Crippen MR) is 91.3 cm³/mol. The molecule has 1 aliphatic heterocycles. The Labute approximate surface area is 145 Å². The Balaban J connectivity index is 1.90. The Kier molecular flexibility index (Phi) is 3.96. The first kappa shape index (κ1) is 15.8. The maximum atomic E-state index is 5.56. The van der Waals surface area contributed by atoms with Gasteiger partial charge < -0.3 is 9.47 Å². The molecule has 1 saturated heterocycles. The van der Waals surface area contributed by atoms with Crippen LogP contribution in [0.25, 0.3) is 22.8 Å². The van der Waals surface area contributed by atoms with E-state index in [1.807, 2.05) is 24.6 Å². The molecule has 1 unspecified atom stereocenters. The summed E-state index contributed by atoms with van der Waals surface area (Å²) in [5.41, 5.74) is 3.60. The molecule has 0 radical (unpaired) electrons. The van der Waals surface area contributed by atoms with Crippen molar-refractivity contribution in [1.82, 2.24) is 29.9 Å². The molecule has 8 heteroatoms. The van der Waals surface area contributed by atoms with Crippen molar-refractivity contribution in [3.63, 3.8) is 0 Å². The monoisotopic (exact) mass is 340 g/mol. The number of hydrogen-bond donors (Lipinski definition) is 1. The fourth-order valence-corrected chi connectivity index (χ4v) is 3.05. The Bertz CT molecular complexity index is 894. The normalized spacial score (nSPS) is 17.2. The molecule has 0 bridgehead atoms. The summed E-state index contributed by atoms with van der Waals surface area (Å²) >= 11 is 0. The molecule has 1 N–H and O–H groups in total. The molecule has 3 aromatic heterocycles. The Morgan fingerprint density at radius 2 is 2.16 bits per heavy atom. The zero-order valence-corrected chi connectivity index (χ0v) is 14.5. The summed E-state index contributed by atoms with van der Waals surface area (Å²) in [6.07, 6.45) is 4.38. The molecule has 25 heavy (non-hydrogen) atoms.